The van der Waals surface area contributed by atoms with Crippen molar-refractivity contribution in [3.8, 4) is 11.5 Å². The zero-order valence-electron chi connectivity index (χ0n) is 43.2. The van der Waals surface area contributed by atoms with Crippen LogP contribution in [0.1, 0.15) is 154 Å². The van der Waals surface area contributed by atoms with Gasteiger partial charge < -0.3 is 33.7 Å². The van der Waals surface area contributed by atoms with Crippen LogP contribution in [-0.2, 0) is 29.4 Å². The first-order valence-electron chi connectivity index (χ1n) is 26.8. The number of benzene rings is 3. The summed E-state index contributed by atoms with van der Waals surface area (Å²) in [4.78, 5) is 41.2. The summed E-state index contributed by atoms with van der Waals surface area (Å²) in [5.74, 6) is 4.31. The van der Waals surface area contributed by atoms with E-state index in [4.69, 9.17) is 23.7 Å². The van der Waals surface area contributed by atoms with Crippen molar-refractivity contribution in [2.75, 3.05) is 27.4 Å². The molecule has 1 heterocycles. The third-order valence-corrected chi connectivity index (χ3v) is 18.2. The van der Waals surface area contributed by atoms with E-state index in [1.807, 2.05) is 78.9 Å². The molecule has 5 aliphatic rings. The number of carbonyl (C=O) groups excluding carboxylic acids is 2. The van der Waals surface area contributed by atoms with Crippen LogP contribution in [-0.4, -0.2) is 73.7 Å². The van der Waals surface area contributed by atoms with Crippen molar-refractivity contribution in [1.82, 2.24) is 4.90 Å². The first-order valence-corrected chi connectivity index (χ1v) is 26.8. The lowest BCUT2D eigenvalue weighted by molar-refractivity contribution is -0.156. The average Bonchev–Trinajstić information content (AvgIpc) is 4.00. The number of amides is 1. The van der Waals surface area contributed by atoms with Gasteiger partial charge >= 0.3 is 18.0 Å². The Morgan fingerprint density at radius 1 is 0.771 bits per heavy atom. The van der Waals surface area contributed by atoms with Crippen LogP contribution < -0.4 is 9.47 Å². The maximum absolute atomic E-state index is 14.4. The summed E-state index contributed by atoms with van der Waals surface area (Å²) >= 11 is 0. The SMILES string of the molecule is COc1ccc(C(OCCC(OC(=O)CCC(=O)O)C2CCCN2C(=O)OC2CC[C@@]3(C)C(=CCC4C3CC[C@@]3(C)C4CC[C@@H]3[C@H](C)CCCC(C)C)C2)(c2ccccc2)c2ccc(OC)cc2)cc1. The lowest BCUT2D eigenvalue weighted by Crippen LogP contribution is -2.51. The number of nitrogens with zero attached hydrogens (tertiary/aromatic N) is 1. The van der Waals surface area contributed by atoms with Gasteiger partial charge in [-0.3, -0.25) is 9.59 Å². The van der Waals surface area contributed by atoms with Crippen LogP contribution in [0, 0.1) is 46.3 Å². The number of carboxylic acid groups (broad SMARTS) is 1. The molecule has 0 radical (unpaired) electrons. The van der Waals surface area contributed by atoms with Crippen molar-refractivity contribution in [2.24, 2.45) is 46.3 Å². The fourth-order valence-electron chi connectivity index (χ4n) is 14.5. The molecule has 8 rings (SSSR count). The molecule has 10 heteroatoms. The second kappa shape index (κ2) is 22.3. The molecule has 3 saturated carbocycles. The number of likely N-dealkylation sites (tertiary alicyclic amines) is 1. The Bertz CT molecular complexity index is 2210. The molecule has 1 amide bonds. The molecule has 1 aliphatic heterocycles. The summed E-state index contributed by atoms with van der Waals surface area (Å²) in [5.41, 5.74) is 3.57. The van der Waals surface area contributed by atoms with Gasteiger partial charge in [0.1, 0.15) is 29.3 Å². The quantitative estimate of drug-likeness (QED) is 0.0670. The normalized spacial score (nSPS) is 28.2. The van der Waals surface area contributed by atoms with Gasteiger partial charge in [-0.2, -0.15) is 0 Å². The maximum atomic E-state index is 14.4. The van der Waals surface area contributed by atoms with E-state index in [9.17, 15) is 19.5 Å². The molecule has 6 unspecified atom stereocenters. The Labute approximate surface area is 418 Å². The summed E-state index contributed by atoms with van der Waals surface area (Å²) < 4.78 is 30.9. The van der Waals surface area contributed by atoms with Gasteiger partial charge in [-0.15, -0.1) is 0 Å². The van der Waals surface area contributed by atoms with E-state index in [2.05, 4.69) is 40.7 Å². The lowest BCUT2D eigenvalue weighted by Gasteiger charge is -2.58. The number of methoxy groups -OCH3 is 2. The number of esters is 1. The minimum Gasteiger partial charge on any atom is -0.497 e. The smallest absolute Gasteiger partial charge is 0.410 e. The van der Waals surface area contributed by atoms with E-state index >= 15 is 0 Å². The number of carbonyl (C=O) groups is 3. The monoisotopic (exact) mass is 960 g/mol. The second-order valence-electron chi connectivity index (χ2n) is 22.5. The number of rotatable bonds is 20. The van der Waals surface area contributed by atoms with E-state index in [1.165, 1.54) is 50.5 Å². The van der Waals surface area contributed by atoms with Gasteiger partial charge in [-0.05, 0) is 145 Å². The Kier molecular flexibility index (Phi) is 16.4. The zero-order chi connectivity index (χ0) is 49.6. The minimum absolute atomic E-state index is 0.131. The highest BCUT2D eigenvalue weighted by molar-refractivity contribution is 5.76. The second-order valence-corrected chi connectivity index (χ2v) is 22.5. The first-order chi connectivity index (χ1) is 33.7. The van der Waals surface area contributed by atoms with Crippen molar-refractivity contribution in [2.45, 2.75) is 161 Å². The number of carboxylic acids is 1. The third kappa shape index (κ3) is 10.7. The molecule has 1 saturated heterocycles. The van der Waals surface area contributed by atoms with E-state index < -0.39 is 29.7 Å². The lowest BCUT2D eigenvalue weighted by atomic mass is 9.47. The van der Waals surface area contributed by atoms with Gasteiger partial charge in [-0.1, -0.05) is 120 Å². The number of fused-ring (bicyclic) bond motifs is 5. The van der Waals surface area contributed by atoms with Crippen molar-refractivity contribution >= 4 is 18.0 Å². The van der Waals surface area contributed by atoms with E-state index in [0.29, 0.717) is 35.8 Å². The Morgan fingerprint density at radius 3 is 2.09 bits per heavy atom. The average molecular weight is 960 g/mol. The highest BCUT2D eigenvalue weighted by atomic mass is 16.6. The Morgan fingerprint density at radius 2 is 1.44 bits per heavy atom. The molecular formula is C60H81NO9. The fourth-order valence-corrected chi connectivity index (χ4v) is 14.5. The van der Waals surface area contributed by atoms with Gasteiger partial charge in [0.2, 0.25) is 0 Å². The first kappa shape index (κ1) is 51.5. The largest absolute Gasteiger partial charge is 0.497 e. The third-order valence-electron chi connectivity index (χ3n) is 18.2. The van der Waals surface area contributed by atoms with Gasteiger partial charge in [0.15, 0.2) is 0 Å². The number of ether oxygens (including phenoxy) is 5. The van der Waals surface area contributed by atoms with E-state index in [0.717, 1.165) is 78.4 Å². The molecule has 380 valence electrons. The molecule has 0 aromatic heterocycles. The van der Waals surface area contributed by atoms with Crippen LogP contribution in [0.2, 0.25) is 0 Å². The predicted molar refractivity (Wildman–Crippen MR) is 273 cm³/mol. The van der Waals surface area contributed by atoms with Crippen molar-refractivity contribution in [3.63, 3.8) is 0 Å². The number of allylic oxidation sites excluding steroid dienone is 1. The summed E-state index contributed by atoms with van der Waals surface area (Å²) in [6.07, 6.45) is 15.4. The van der Waals surface area contributed by atoms with Crippen LogP contribution in [0.25, 0.3) is 0 Å². The summed E-state index contributed by atoms with van der Waals surface area (Å²) in [7, 11) is 3.27. The van der Waals surface area contributed by atoms with Crippen LogP contribution in [0.5, 0.6) is 11.5 Å². The van der Waals surface area contributed by atoms with Crippen LogP contribution in [0.4, 0.5) is 4.79 Å². The van der Waals surface area contributed by atoms with Crippen molar-refractivity contribution < 1.29 is 43.2 Å². The number of aliphatic carboxylic acids is 1. The molecule has 1 N–H and O–H groups in total. The zero-order valence-corrected chi connectivity index (χ0v) is 43.2. The minimum atomic E-state index is -1.10. The summed E-state index contributed by atoms with van der Waals surface area (Å²) in [5, 5.41) is 9.44. The van der Waals surface area contributed by atoms with E-state index in [-0.39, 0.29) is 43.5 Å². The predicted octanol–water partition coefficient (Wildman–Crippen LogP) is 13.2. The maximum Gasteiger partial charge on any atom is 0.410 e. The molecule has 10 nitrogen and oxygen atoms in total. The number of hydrogen-bond acceptors (Lipinski definition) is 8. The molecule has 4 aliphatic carbocycles. The Hall–Kier alpha value is -4.83. The summed E-state index contributed by atoms with van der Waals surface area (Å²) in [6.45, 7) is 13.0. The van der Waals surface area contributed by atoms with Crippen LogP contribution in [0.3, 0.4) is 0 Å². The van der Waals surface area contributed by atoms with Gasteiger partial charge in [0.25, 0.3) is 0 Å². The highest BCUT2D eigenvalue weighted by Crippen LogP contribution is 2.67. The molecule has 3 aromatic carbocycles. The highest BCUT2D eigenvalue weighted by Gasteiger charge is 2.59. The standard InChI is InChI=1S/C60H81NO9/c1-40(2)13-11-14-41(3)50-28-29-51-49-27-22-45-39-48(32-35-58(45,4)52(49)33-36-59(50,51)5)69-57(65)61-37-12-17-53(61)54(70-56(64)31-30-55(62)63)34-38-68-60(42-15-9-8-10-16-42,43-18-23-46(66-6)24-19-43)44-20-25-47(67-7)26-21-44/h8-10,15-16,18-26,40-41,48-54H,11-14,17,27-39H2,1-7H3,(H,62,63)/t41-,48?,49?,50-,51?,52?,53?,54?,58+,59-/m1/s1. The molecule has 3 aromatic rings. The van der Waals surface area contributed by atoms with Gasteiger partial charge in [0, 0.05) is 19.4 Å². The van der Waals surface area contributed by atoms with Gasteiger partial charge in [0.05, 0.1) is 39.7 Å². The molecule has 0 spiro atoms. The molecule has 10 atom stereocenters. The van der Waals surface area contributed by atoms with Crippen LogP contribution in [0.15, 0.2) is 90.5 Å². The summed E-state index contributed by atoms with van der Waals surface area (Å²) in [6, 6.07) is 25.2. The molecule has 0 bridgehead atoms. The number of hydrogen-bond donors (Lipinski definition) is 1. The fraction of sp³-hybridized carbons (Fsp3) is 0.617. The van der Waals surface area contributed by atoms with Crippen molar-refractivity contribution in [3.05, 3.63) is 107 Å². The van der Waals surface area contributed by atoms with Crippen LogP contribution >= 0.6 is 0 Å². The van der Waals surface area contributed by atoms with Gasteiger partial charge in [-0.25, -0.2) is 4.79 Å². The van der Waals surface area contributed by atoms with Crippen molar-refractivity contribution in [1.29, 1.82) is 0 Å². The molecular weight excluding hydrogens is 879 g/mol. The molecule has 70 heavy (non-hydrogen) atoms. The topological polar surface area (TPSA) is 121 Å². The van der Waals surface area contributed by atoms with E-state index in [1.54, 1.807) is 19.1 Å². The molecule has 4 fully saturated rings. The Balaban J connectivity index is 0.976.